The van der Waals surface area contributed by atoms with Crippen LogP contribution in [0.15, 0.2) is 0 Å². The molecule has 1 aliphatic carbocycles. The van der Waals surface area contributed by atoms with E-state index in [0.717, 1.165) is 17.8 Å². The highest BCUT2D eigenvalue weighted by atomic mass is 15.1. The topological polar surface area (TPSA) is 15.3 Å². The summed E-state index contributed by atoms with van der Waals surface area (Å²) in [5, 5.41) is 3.55. The Labute approximate surface area is 113 Å². The first-order valence-electron chi connectivity index (χ1n) is 8.35. The Bertz CT molecular complexity index is 247. The monoisotopic (exact) mass is 250 g/mol. The number of nitrogens with zero attached hydrogens (tertiary/aromatic N) is 1. The normalized spacial score (nSPS) is 38.3. The zero-order valence-electron chi connectivity index (χ0n) is 11.9. The lowest BCUT2D eigenvalue weighted by Gasteiger charge is -2.41. The Morgan fingerprint density at radius 3 is 2.67 bits per heavy atom. The van der Waals surface area contributed by atoms with Gasteiger partial charge in [0.15, 0.2) is 0 Å². The number of rotatable bonds is 3. The van der Waals surface area contributed by atoms with Gasteiger partial charge in [0.05, 0.1) is 0 Å². The quantitative estimate of drug-likeness (QED) is 0.828. The van der Waals surface area contributed by atoms with E-state index in [9.17, 15) is 0 Å². The van der Waals surface area contributed by atoms with Crippen LogP contribution in [0, 0.1) is 17.8 Å². The van der Waals surface area contributed by atoms with Crippen molar-refractivity contribution in [3.05, 3.63) is 0 Å². The molecule has 3 atom stereocenters. The number of hydrogen-bond donors (Lipinski definition) is 1. The molecule has 0 unspecified atom stereocenters. The van der Waals surface area contributed by atoms with Gasteiger partial charge in [-0.2, -0.15) is 0 Å². The number of hydrogen-bond acceptors (Lipinski definition) is 2. The van der Waals surface area contributed by atoms with Crippen LogP contribution in [0.1, 0.15) is 51.4 Å². The lowest BCUT2D eigenvalue weighted by atomic mass is 9.75. The molecule has 3 fully saturated rings. The summed E-state index contributed by atoms with van der Waals surface area (Å²) in [5.41, 5.74) is 0. The second-order valence-electron chi connectivity index (χ2n) is 6.89. The highest BCUT2D eigenvalue weighted by Gasteiger charge is 2.30. The molecule has 0 bridgehead atoms. The van der Waals surface area contributed by atoms with Crippen LogP contribution in [0.25, 0.3) is 0 Å². The van der Waals surface area contributed by atoms with E-state index >= 15 is 0 Å². The average molecular weight is 250 g/mol. The third-order valence-corrected chi connectivity index (χ3v) is 5.63. The fourth-order valence-corrected chi connectivity index (χ4v) is 4.41. The molecule has 3 rings (SSSR count). The number of likely N-dealkylation sites (tertiary alicyclic amines) is 1. The van der Waals surface area contributed by atoms with E-state index in [1.807, 2.05) is 0 Å². The molecule has 1 N–H and O–H groups in total. The van der Waals surface area contributed by atoms with Crippen LogP contribution in [0.2, 0.25) is 0 Å². The number of fused-ring (bicyclic) bond motifs is 1. The van der Waals surface area contributed by atoms with Crippen LogP contribution in [-0.4, -0.2) is 37.6 Å². The first-order valence-corrected chi connectivity index (χ1v) is 8.35. The van der Waals surface area contributed by atoms with Gasteiger partial charge in [-0.25, -0.2) is 0 Å². The zero-order chi connectivity index (χ0) is 12.2. The van der Waals surface area contributed by atoms with Crippen LogP contribution in [0.3, 0.4) is 0 Å². The van der Waals surface area contributed by atoms with Crippen LogP contribution in [0.5, 0.6) is 0 Å². The Balaban J connectivity index is 1.40. The molecule has 2 heteroatoms. The predicted molar refractivity (Wildman–Crippen MR) is 76.7 cm³/mol. The number of nitrogens with one attached hydrogen (secondary N) is 1. The maximum absolute atomic E-state index is 3.55. The molecule has 0 amide bonds. The van der Waals surface area contributed by atoms with Crippen molar-refractivity contribution >= 4 is 0 Å². The van der Waals surface area contributed by atoms with E-state index in [4.69, 9.17) is 0 Å². The summed E-state index contributed by atoms with van der Waals surface area (Å²) >= 11 is 0. The SMILES string of the molecule is C1CNC[C@H](CCN2CC[C@H]3CCCC[C@H]3C2)C1. The molecule has 18 heavy (non-hydrogen) atoms. The molecular formula is C16H30N2. The summed E-state index contributed by atoms with van der Waals surface area (Å²) in [5.74, 6) is 3.10. The van der Waals surface area contributed by atoms with Gasteiger partial charge in [0.25, 0.3) is 0 Å². The molecule has 0 spiro atoms. The van der Waals surface area contributed by atoms with Crippen LogP contribution >= 0.6 is 0 Å². The highest BCUT2D eigenvalue weighted by molar-refractivity contribution is 4.84. The molecule has 1 saturated carbocycles. The maximum atomic E-state index is 3.55. The summed E-state index contributed by atoms with van der Waals surface area (Å²) in [6, 6.07) is 0. The Kier molecular flexibility index (Phi) is 4.58. The van der Waals surface area contributed by atoms with Crippen LogP contribution in [0.4, 0.5) is 0 Å². The molecule has 2 nitrogen and oxygen atoms in total. The van der Waals surface area contributed by atoms with E-state index < -0.39 is 0 Å². The van der Waals surface area contributed by atoms with Crippen molar-refractivity contribution < 1.29 is 0 Å². The van der Waals surface area contributed by atoms with Gasteiger partial charge >= 0.3 is 0 Å². The first-order chi connectivity index (χ1) is 8.92. The fraction of sp³-hybridized carbons (Fsp3) is 1.00. The van der Waals surface area contributed by atoms with E-state index in [-0.39, 0.29) is 0 Å². The molecular weight excluding hydrogens is 220 g/mol. The molecule has 2 aliphatic heterocycles. The molecule has 104 valence electrons. The second kappa shape index (κ2) is 6.38. The summed E-state index contributed by atoms with van der Waals surface area (Å²) in [6.45, 7) is 6.71. The average Bonchev–Trinajstić information content (AvgIpc) is 2.46. The van der Waals surface area contributed by atoms with Crippen molar-refractivity contribution in [2.75, 3.05) is 32.7 Å². The predicted octanol–water partition coefficient (Wildman–Crippen LogP) is 2.89. The zero-order valence-corrected chi connectivity index (χ0v) is 11.9. The minimum Gasteiger partial charge on any atom is -0.316 e. The second-order valence-corrected chi connectivity index (χ2v) is 6.89. The maximum Gasteiger partial charge on any atom is 0.00123 e. The molecule has 2 saturated heterocycles. The third kappa shape index (κ3) is 3.27. The standard InChI is InChI=1S/C16H30N2/c1-2-6-16-13-18(11-8-15(16)5-1)10-7-14-4-3-9-17-12-14/h14-17H,1-13H2/t14-,15+,16-/m0/s1. The van der Waals surface area contributed by atoms with Gasteiger partial charge in [-0.3, -0.25) is 0 Å². The van der Waals surface area contributed by atoms with E-state index in [2.05, 4.69) is 10.2 Å². The van der Waals surface area contributed by atoms with E-state index in [1.54, 1.807) is 0 Å². The van der Waals surface area contributed by atoms with Crippen molar-refractivity contribution in [1.82, 2.24) is 10.2 Å². The number of piperidine rings is 2. The minimum absolute atomic E-state index is 0.961. The lowest BCUT2D eigenvalue weighted by Crippen LogP contribution is -2.43. The summed E-state index contributed by atoms with van der Waals surface area (Å²) in [4.78, 5) is 2.78. The van der Waals surface area contributed by atoms with Crippen molar-refractivity contribution in [2.45, 2.75) is 51.4 Å². The molecule has 0 aromatic heterocycles. The summed E-state index contributed by atoms with van der Waals surface area (Å²) in [6.07, 6.45) is 11.9. The van der Waals surface area contributed by atoms with Gasteiger partial charge in [0.1, 0.15) is 0 Å². The third-order valence-electron chi connectivity index (χ3n) is 5.63. The Hall–Kier alpha value is -0.0800. The van der Waals surface area contributed by atoms with Crippen LogP contribution < -0.4 is 5.32 Å². The van der Waals surface area contributed by atoms with Gasteiger partial charge < -0.3 is 10.2 Å². The van der Waals surface area contributed by atoms with Gasteiger partial charge in [-0.05, 0) is 76.0 Å². The molecule has 0 radical (unpaired) electrons. The minimum atomic E-state index is 0.961. The van der Waals surface area contributed by atoms with Gasteiger partial charge in [0.2, 0.25) is 0 Å². The Morgan fingerprint density at radius 2 is 1.83 bits per heavy atom. The first kappa shape index (κ1) is 12.9. The molecule has 2 heterocycles. The van der Waals surface area contributed by atoms with Gasteiger partial charge in [-0.15, -0.1) is 0 Å². The largest absolute Gasteiger partial charge is 0.316 e. The van der Waals surface area contributed by atoms with Crippen molar-refractivity contribution in [3.8, 4) is 0 Å². The lowest BCUT2D eigenvalue weighted by molar-refractivity contribution is 0.0816. The van der Waals surface area contributed by atoms with Gasteiger partial charge in [-0.1, -0.05) is 19.3 Å². The fourth-order valence-electron chi connectivity index (χ4n) is 4.41. The molecule has 3 aliphatic rings. The van der Waals surface area contributed by atoms with Crippen molar-refractivity contribution in [1.29, 1.82) is 0 Å². The van der Waals surface area contributed by atoms with E-state index in [0.29, 0.717) is 0 Å². The molecule has 0 aromatic rings. The smallest absolute Gasteiger partial charge is 0.00123 e. The van der Waals surface area contributed by atoms with Crippen LogP contribution in [-0.2, 0) is 0 Å². The Morgan fingerprint density at radius 1 is 0.944 bits per heavy atom. The van der Waals surface area contributed by atoms with E-state index in [1.165, 1.54) is 84.1 Å². The highest BCUT2D eigenvalue weighted by Crippen LogP contribution is 2.36. The molecule has 0 aromatic carbocycles. The van der Waals surface area contributed by atoms with Crippen molar-refractivity contribution in [3.63, 3.8) is 0 Å². The summed E-state index contributed by atoms with van der Waals surface area (Å²) < 4.78 is 0. The van der Waals surface area contributed by atoms with Gasteiger partial charge in [0, 0.05) is 6.54 Å². The van der Waals surface area contributed by atoms with Crippen molar-refractivity contribution in [2.24, 2.45) is 17.8 Å². The summed E-state index contributed by atoms with van der Waals surface area (Å²) in [7, 11) is 0.